The van der Waals surface area contributed by atoms with Crippen LogP contribution in [0.5, 0.6) is 0 Å². The van der Waals surface area contributed by atoms with Gasteiger partial charge in [-0.1, -0.05) is 78.9 Å². The highest BCUT2D eigenvalue weighted by molar-refractivity contribution is 5.94. The first-order valence-electron chi connectivity index (χ1n) is 12.8. The Morgan fingerprint density at radius 1 is 0.800 bits per heavy atom. The number of hydrogen-bond acceptors (Lipinski definition) is 1. The van der Waals surface area contributed by atoms with Gasteiger partial charge in [-0.05, 0) is 35.6 Å². The van der Waals surface area contributed by atoms with Gasteiger partial charge in [0.25, 0.3) is 5.91 Å². The quantitative estimate of drug-likeness (QED) is 0.466. The first kappa shape index (κ1) is 25.7. The number of carbonyl (C=O) groups excluding carboxylic acids is 1. The lowest BCUT2D eigenvalue weighted by Crippen LogP contribution is -3.00. The van der Waals surface area contributed by atoms with Gasteiger partial charge in [0.1, 0.15) is 0 Å². The van der Waals surface area contributed by atoms with E-state index in [4.69, 9.17) is 0 Å². The van der Waals surface area contributed by atoms with Crippen LogP contribution in [-0.2, 0) is 5.41 Å². The van der Waals surface area contributed by atoms with Gasteiger partial charge in [0, 0.05) is 43.2 Å². The fourth-order valence-corrected chi connectivity index (χ4v) is 6.77. The molecule has 0 spiro atoms. The van der Waals surface area contributed by atoms with Crippen molar-refractivity contribution in [2.45, 2.75) is 49.6 Å². The number of carbonyl (C=O) groups is 1. The second-order valence-electron chi connectivity index (χ2n) is 10.9. The maximum atomic E-state index is 13.1. The molecule has 0 aliphatic carbocycles. The minimum atomic E-state index is -0.258. The summed E-state index contributed by atoms with van der Waals surface area (Å²) in [5.74, 6) is 0.649. The summed E-state index contributed by atoms with van der Waals surface area (Å²) in [5.41, 5.74) is 3.04. The molecule has 2 heterocycles. The fourth-order valence-electron chi connectivity index (χ4n) is 6.77. The molecule has 3 aromatic carbocycles. The number of hydrogen-bond donors (Lipinski definition) is 1. The molecule has 2 aliphatic heterocycles. The third-order valence-corrected chi connectivity index (χ3v) is 8.80. The number of fused-ring (bicyclic) bond motifs is 2. The predicted octanol–water partition coefficient (Wildman–Crippen LogP) is 2.81. The summed E-state index contributed by atoms with van der Waals surface area (Å²) in [7, 11) is 4.86. The first-order chi connectivity index (χ1) is 16.5. The fraction of sp³-hybridized carbons (Fsp3) is 0.387. The Morgan fingerprint density at radius 3 is 1.74 bits per heavy atom. The lowest BCUT2D eigenvalue weighted by atomic mass is 9.66. The van der Waals surface area contributed by atoms with Crippen LogP contribution in [0.15, 0.2) is 91.0 Å². The molecule has 35 heavy (non-hydrogen) atoms. The van der Waals surface area contributed by atoms with Crippen LogP contribution in [0.4, 0.5) is 0 Å². The molecular weight excluding hydrogens is 496 g/mol. The van der Waals surface area contributed by atoms with E-state index in [2.05, 4.69) is 80.1 Å². The molecule has 2 aliphatic rings. The molecule has 3 nitrogen and oxygen atoms in total. The molecule has 2 saturated heterocycles. The van der Waals surface area contributed by atoms with Crippen molar-refractivity contribution in [1.29, 1.82) is 0 Å². The third-order valence-electron chi connectivity index (χ3n) is 8.80. The van der Waals surface area contributed by atoms with Gasteiger partial charge in [0.2, 0.25) is 0 Å². The van der Waals surface area contributed by atoms with E-state index < -0.39 is 0 Å². The van der Waals surface area contributed by atoms with Gasteiger partial charge in [0.05, 0.1) is 26.2 Å². The number of nitrogens with one attached hydrogen (secondary N) is 1. The first-order valence-corrected chi connectivity index (χ1v) is 12.8. The Kier molecular flexibility index (Phi) is 7.83. The highest BCUT2D eigenvalue weighted by Crippen LogP contribution is 2.47. The van der Waals surface area contributed by atoms with Gasteiger partial charge in [-0.3, -0.25) is 4.79 Å². The Labute approximate surface area is 220 Å². The summed E-state index contributed by atoms with van der Waals surface area (Å²) in [5, 5.41) is 3.34. The largest absolute Gasteiger partial charge is 1.00 e. The van der Waals surface area contributed by atoms with Crippen LogP contribution in [-0.4, -0.2) is 43.1 Å². The Bertz CT molecular complexity index is 1050. The average molecular weight is 534 g/mol. The topological polar surface area (TPSA) is 29.1 Å². The molecule has 4 heteroatoms. The van der Waals surface area contributed by atoms with E-state index in [1.54, 1.807) is 0 Å². The lowest BCUT2D eigenvalue weighted by molar-refractivity contribution is -0.931. The standard InChI is InChI=1S/C31H36N2O.BrH/c1-33(2)28-18-19-29(33)21-24(20-28)22-31(26-14-8-4-9-15-26,27-16-10-5-11-17-27)23-32-30(34)25-12-6-3-7-13-25;/h3-17,24,28-29H,18-23H2,1-2H3;1H/t28-,29-;/m0./s1. The SMILES string of the molecule is C[N+]1(C)[C@H]2CC[C@H]1CC(CC(CNC(=O)c1ccccc1)(c1ccccc1)c1ccccc1)C2.[Br-]. The van der Waals surface area contributed by atoms with Gasteiger partial charge < -0.3 is 26.8 Å². The molecular formula is C31H37BrN2O. The van der Waals surface area contributed by atoms with Gasteiger partial charge in [-0.2, -0.15) is 0 Å². The normalized spacial score (nSPS) is 22.7. The van der Waals surface area contributed by atoms with Crippen LogP contribution >= 0.6 is 0 Å². The van der Waals surface area contributed by atoms with Crippen molar-refractivity contribution in [2.24, 2.45) is 5.92 Å². The van der Waals surface area contributed by atoms with Crippen molar-refractivity contribution < 1.29 is 26.3 Å². The molecule has 3 aromatic rings. The minimum absolute atomic E-state index is 0. The van der Waals surface area contributed by atoms with E-state index in [1.165, 1.54) is 41.3 Å². The maximum absolute atomic E-state index is 13.1. The van der Waals surface area contributed by atoms with Crippen LogP contribution in [0.25, 0.3) is 0 Å². The molecule has 2 bridgehead atoms. The second kappa shape index (κ2) is 10.7. The molecule has 0 aromatic heterocycles. The predicted molar refractivity (Wildman–Crippen MR) is 139 cm³/mol. The zero-order valence-corrected chi connectivity index (χ0v) is 22.5. The molecule has 184 valence electrons. The minimum Gasteiger partial charge on any atom is -1.00 e. The number of amides is 1. The molecule has 1 amide bonds. The monoisotopic (exact) mass is 532 g/mol. The van der Waals surface area contributed by atoms with Crippen LogP contribution in [0.3, 0.4) is 0 Å². The van der Waals surface area contributed by atoms with Crippen molar-refractivity contribution in [3.8, 4) is 0 Å². The van der Waals surface area contributed by atoms with Crippen LogP contribution in [0.1, 0.15) is 53.6 Å². The number of halogens is 1. The van der Waals surface area contributed by atoms with Gasteiger partial charge in [0.15, 0.2) is 0 Å². The average Bonchev–Trinajstić information content (AvgIpc) is 3.03. The summed E-state index contributed by atoms with van der Waals surface area (Å²) in [6, 6.07) is 32.8. The third kappa shape index (κ3) is 5.10. The van der Waals surface area contributed by atoms with Gasteiger partial charge in [-0.15, -0.1) is 0 Å². The van der Waals surface area contributed by atoms with Crippen LogP contribution < -0.4 is 22.3 Å². The number of piperidine rings is 1. The zero-order valence-electron chi connectivity index (χ0n) is 20.9. The van der Waals surface area contributed by atoms with Gasteiger partial charge in [-0.25, -0.2) is 0 Å². The van der Waals surface area contributed by atoms with E-state index in [0.717, 1.165) is 18.5 Å². The molecule has 0 saturated carbocycles. The van der Waals surface area contributed by atoms with Gasteiger partial charge >= 0.3 is 0 Å². The van der Waals surface area contributed by atoms with E-state index in [9.17, 15) is 4.79 Å². The summed E-state index contributed by atoms with van der Waals surface area (Å²) in [4.78, 5) is 13.1. The molecule has 0 radical (unpaired) electrons. The van der Waals surface area contributed by atoms with E-state index in [-0.39, 0.29) is 28.3 Å². The smallest absolute Gasteiger partial charge is 0.251 e. The van der Waals surface area contributed by atoms with Crippen molar-refractivity contribution in [3.63, 3.8) is 0 Å². The van der Waals surface area contributed by atoms with E-state index in [0.29, 0.717) is 18.0 Å². The Balaban J connectivity index is 0.00000289. The molecule has 0 unspecified atom stereocenters. The van der Waals surface area contributed by atoms with Crippen LogP contribution in [0, 0.1) is 5.92 Å². The number of quaternary nitrogens is 1. The van der Waals surface area contributed by atoms with Crippen molar-refractivity contribution in [1.82, 2.24) is 5.32 Å². The molecule has 2 fully saturated rings. The van der Waals surface area contributed by atoms with Crippen LogP contribution in [0.2, 0.25) is 0 Å². The van der Waals surface area contributed by atoms with E-state index >= 15 is 0 Å². The molecule has 1 N–H and O–H groups in total. The Hall–Kier alpha value is -2.43. The molecule has 5 rings (SSSR count). The van der Waals surface area contributed by atoms with Crippen molar-refractivity contribution >= 4 is 5.91 Å². The molecule has 2 atom stereocenters. The number of benzene rings is 3. The van der Waals surface area contributed by atoms with Crippen molar-refractivity contribution in [2.75, 3.05) is 20.6 Å². The maximum Gasteiger partial charge on any atom is 0.251 e. The lowest BCUT2D eigenvalue weighted by Gasteiger charge is -2.47. The number of nitrogens with zero attached hydrogens (tertiary/aromatic N) is 1. The highest BCUT2D eigenvalue weighted by Gasteiger charge is 2.50. The van der Waals surface area contributed by atoms with E-state index in [1.807, 2.05) is 30.3 Å². The van der Waals surface area contributed by atoms with Crippen molar-refractivity contribution in [3.05, 3.63) is 108 Å². The summed E-state index contributed by atoms with van der Waals surface area (Å²) >= 11 is 0. The number of rotatable bonds is 7. The summed E-state index contributed by atoms with van der Waals surface area (Å²) in [6.07, 6.45) is 6.31. The zero-order chi connectivity index (χ0) is 23.6. The highest BCUT2D eigenvalue weighted by atomic mass is 79.9. The summed E-state index contributed by atoms with van der Waals surface area (Å²) < 4.78 is 1.19. The Morgan fingerprint density at radius 2 is 1.26 bits per heavy atom. The second-order valence-corrected chi connectivity index (χ2v) is 10.9. The summed E-state index contributed by atoms with van der Waals surface area (Å²) in [6.45, 7) is 0.596.